The van der Waals surface area contributed by atoms with Crippen LogP contribution in [0.3, 0.4) is 0 Å². The first kappa shape index (κ1) is 15.0. The first-order valence-corrected chi connectivity index (χ1v) is 7.12. The van der Waals surface area contributed by atoms with E-state index in [2.05, 4.69) is 9.97 Å². The Balaban J connectivity index is 1.93. The van der Waals surface area contributed by atoms with Crippen molar-refractivity contribution in [3.63, 3.8) is 0 Å². The van der Waals surface area contributed by atoms with Gasteiger partial charge in [0.05, 0.1) is 29.8 Å². The predicted octanol–water partition coefficient (Wildman–Crippen LogP) is 3.92. The maximum absolute atomic E-state index is 12.7. The Hall–Kier alpha value is -1.95. The van der Waals surface area contributed by atoms with Crippen LogP contribution in [0.25, 0.3) is 11.3 Å². The first-order chi connectivity index (χ1) is 10.5. The smallest absolute Gasteiger partial charge is 0.392 e. The lowest BCUT2D eigenvalue weighted by Crippen LogP contribution is -2.11. The van der Waals surface area contributed by atoms with Gasteiger partial charge in [0.15, 0.2) is 0 Å². The van der Waals surface area contributed by atoms with Crippen molar-refractivity contribution < 1.29 is 18.3 Å². The normalized spacial score (nSPS) is 15.6. The highest BCUT2D eigenvalue weighted by molar-refractivity contribution is 5.63. The highest BCUT2D eigenvalue weighted by Crippen LogP contribution is 2.36. The molecular weight excluding hydrogens is 293 g/mol. The van der Waals surface area contributed by atoms with Gasteiger partial charge in [-0.25, -0.2) is 0 Å². The molecule has 3 rings (SSSR count). The molecule has 6 heteroatoms. The van der Waals surface area contributed by atoms with Gasteiger partial charge in [0, 0.05) is 17.7 Å². The largest absolute Gasteiger partial charge is 0.416 e. The van der Waals surface area contributed by atoms with Gasteiger partial charge < -0.3 is 5.11 Å². The Kier molecular flexibility index (Phi) is 3.87. The molecule has 1 fully saturated rings. The van der Waals surface area contributed by atoms with Crippen LogP contribution in [0, 0.1) is 0 Å². The molecule has 1 saturated carbocycles. The van der Waals surface area contributed by atoms with Gasteiger partial charge in [-0.05, 0) is 30.5 Å². The van der Waals surface area contributed by atoms with Crippen molar-refractivity contribution in [1.82, 2.24) is 9.97 Å². The number of halogens is 3. The minimum atomic E-state index is -4.43. The van der Waals surface area contributed by atoms with Crippen LogP contribution in [0.2, 0.25) is 0 Å². The standard InChI is InChI=1S/C16H15F3N2O/c17-16(18,19)12-4-5-13(11(6-12)9-22)15-8-20-14(7-21-15)10-2-1-3-10/h4-8,10,22H,1-3,9H2. The number of aliphatic hydroxyl groups excluding tert-OH is 1. The minimum absolute atomic E-state index is 0.195. The molecule has 1 aliphatic carbocycles. The molecule has 1 N–H and O–H groups in total. The van der Waals surface area contributed by atoms with Gasteiger partial charge in [-0.15, -0.1) is 0 Å². The molecule has 0 amide bonds. The molecule has 22 heavy (non-hydrogen) atoms. The number of benzene rings is 1. The maximum Gasteiger partial charge on any atom is 0.416 e. The van der Waals surface area contributed by atoms with Gasteiger partial charge in [-0.1, -0.05) is 12.5 Å². The molecule has 0 atom stereocenters. The van der Waals surface area contributed by atoms with Crippen molar-refractivity contribution in [2.75, 3.05) is 0 Å². The number of hydrogen-bond donors (Lipinski definition) is 1. The summed E-state index contributed by atoms with van der Waals surface area (Å²) in [4.78, 5) is 8.65. The third-order valence-electron chi connectivity index (χ3n) is 4.07. The number of nitrogens with zero attached hydrogens (tertiary/aromatic N) is 2. The highest BCUT2D eigenvalue weighted by atomic mass is 19.4. The average molecular weight is 308 g/mol. The van der Waals surface area contributed by atoms with Gasteiger partial charge in [-0.3, -0.25) is 9.97 Å². The summed E-state index contributed by atoms with van der Waals surface area (Å²) < 4.78 is 38.1. The van der Waals surface area contributed by atoms with Crippen molar-refractivity contribution in [3.05, 3.63) is 47.4 Å². The zero-order chi connectivity index (χ0) is 15.7. The molecule has 0 unspecified atom stereocenters. The molecule has 0 aliphatic heterocycles. The summed E-state index contributed by atoms with van der Waals surface area (Å²) >= 11 is 0. The fraction of sp³-hybridized carbons (Fsp3) is 0.375. The van der Waals surface area contributed by atoms with Crippen LogP contribution < -0.4 is 0 Å². The SMILES string of the molecule is OCc1cc(C(F)(F)F)ccc1-c1cnc(C2CCC2)cn1. The number of alkyl halides is 3. The molecule has 0 saturated heterocycles. The molecule has 0 spiro atoms. The van der Waals surface area contributed by atoms with E-state index in [1.165, 1.54) is 12.5 Å². The third-order valence-corrected chi connectivity index (χ3v) is 4.07. The topological polar surface area (TPSA) is 46.0 Å². The number of hydrogen-bond acceptors (Lipinski definition) is 3. The molecule has 3 nitrogen and oxygen atoms in total. The predicted molar refractivity (Wildman–Crippen MR) is 75.0 cm³/mol. The Morgan fingerprint density at radius 1 is 1.14 bits per heavy atom. The molecular formula is C16H15F3N2O. The van der Waals surface area contributed by atoms with Crippen molar-refractivity contribution in [1.29, 1.82) is 0 Å². The second-order valence-corrected chi connectivity index (χ2v) is 5.48. The van der Waals surface area contributed by atoms with Crippen LogP contribution >= 0.6 is 0 Å². The summed E-state index contributed by atoms with van der Waals surface area (Å²) in [6.07, 6.45) is 2.23. The maximum atomic E-state index is 12.7. The Morgan fingerprint density at radius 3 is 2.41 bits per heavy atom. The van der Waals surface area contributed by atoms with E-state index in [-0.39, 0.29) is 5.56 Å². The fourth-order valence-corrected chi connectivity index (χ4v) is 2.54. The summed E-state index contributed by atoms with van der Waals surface area (Å²) in [6.45, 7) is -0.481. The second-order valence-electron chi connectivity index (χ2n) is 5.48. The van der Waals surface area contributed by atoms with E-state index in [1.54, 1.807) is 12.4 Å². The lowest BCUT2D eigenvalue weighted by molar-refractivity contribution is -0.137. The fourth-order valence-electron chi connectivity index (χ4n) is 2.54. The van der Waals surface area contributed by atoms with Gasteiger partial charge in [-0.2, -0.15) is 13.2 Å². The second kappa shape index (κ2) is 5.68. The van der Waals surface area contributed by atoms with Gasteiger partial charge in [0.25, 0.3) is 0 Å². The van der Waals surface area contributed by atoms with E-state index in [4.69, 9.17) is 0 Å². The van der Waals surface area contributed by atoms with Gasteiger partial charge >= 0.3 is 6.18 Å². The molecule has 1 aliphatic rings. The Morgan fingerprint density at radius 2 is 1.91 bits per heavy atom. The van der Waals surface area contributed by atoms with E-state index in [9.17, 15) is 18.3 Å². The van der Waals surface area contributed by atoms with Gasteiger partial charge in [0.1, 0.15) is 0 Å². The summed E-state index contributed by atoms with van der Waals surface area (Å²) in [7, 11) is 0. The number of rotatable bonds is 3. The number of aliphatic hydroxyl groups is 1. The van der Waals surface area contributed by atoms with E-state index in [1.807, 2.05) is 0 Å². The lowest BCUT2D eigenvalue weighted by Gasteiger charge is -2.24. The van der Waals surface area contributed by atoms with E-state index in [0.717, 1.165) is 30.7 Å². The summed E-state index contributed by atoms with van der Waals surface area (Å²) in [6, 6.07) is 3.29. The monoisotopic (exact) mass is 308 g/mol. The van der Waals surface area contributed by atoms with Crippen molar-refractivity contribution in [2.24, 2.45) is 0 Å². The van der Waals surface area contributed by atoms with E-state index < -0.39 is 18.3 Å². The first-order valence-electron chi connectivity index (χ1n) is 7.12. The number of aromatic nitrogens is 2. The zero-order valence-electron chi connectivity index (χ0n) is 11.8. The van der Waals surface area contributed by atoms with Crippen LogP contribution in [-0.2, 0) is 12.8 Å². The summed E-state index contributed by atoms with van der Waals surface area (Å²) in [5.41, 5.74) is 1.29. The molecule has 1 heterocycles. The average Bonchev–Trinajstić information content (AvgIpc) is 2.45. The highest BCUT2D eigenvalue weighted by Gasteiger charge is 2.31. The lowest BCUT2D eigenvalue weighted by atomic mass is 9.83. The van der Waals surface area contributed by atoms with Crippen LogP contribution in [0.1, 0.15) is 42.0 Å². The third kappa shape index (κ3) is 2.83. The van der Waals surface area contributed by atoms with Crippen LogP contribution in [-0.4, -0.2) is 15.1 Å². The summed E-state index contributed by atoms with van der Waals surface area (Å²) in [5, 5.41) is 9.34. The van der Waals surface area contributed by atoms with Crippen molar-refractivity contribution >= 4 is 0 Å². The van der Waals surface area contributed by atoms with Crippen LogP contribution in [0.5, 0.6) is 0 Å². The van der Waals surface area contributed by atoms with Crippen molar-refractivity contribution in [2.45, 2.75) is 38.0 Å². The minimum Gasteiger partial charge on any atom is -0.392 e. The quantitative estimate of drug-likeness (QED) is 0.934. The molecule has 116 valence electrons. The Bertz CT molecular complexity index is 664. The molecule has 0 radical (unpaired) electrons. The van der Waals surface area contributed by atoms with E-state index in [0.29, 0.717) is 17.2 Å². The molecule has 1 aromatic heterocycles. The Labute approximate surface area is 125 Å². The van der Waals surface area contributed by atoms with Gasteiger partial charge in [0.2, 0.25) is 0 Å². The van der Waals surface area contributed by atoms with E-state index >= 15 is 0 Å². The molecule has 2 aromatic rings. The summed E-state index contributed by atoms with van der Waals surface area (Å²) in [5.74, 6) is 0.450. The van der Waals surface area contributed by atoms with Crippen molar-refractivity contribution in [3.8, 4) is 11.3 Å². The molecule has 1 aromatic carbocycles. The molecule has 0 bridgehead atoms. The van der Waals surface area contributed by atoms with Crippen LogP contribution in [0.15, 0.2) is 30.6 Å². The van der Waals surface area contributed by atoms with Crippen LogP contribution in [0.4, 0.5) is 13.2 Å². The zero-order valence-corrected chi connectivity index (χ0v) is 11.8.